The zero-order valence-electron chi connectivity index (χ0n) is 13.6. The summed E-state index contributed by atoms with van der Waals surface area (Å²) in [7, 11) is 0. The van der Waals surface area contributed by atoms with Crippen LogP contribution in [0.15, 0.2) is 42.5 Å². The van der Waals surface area contributed by atoms with Crippen molar-refractivity contribution in [2.45, 2.75) is 19.1 Å². The Labute approximate surface area is 141 Å². The van der Waals surface area contributed by atoms with Crippen LogP contribution in [0.25, 0.3) is 10.8 Å². The molecular formula is C19H22N2O3. The number of piperidine rings is 1. The van der Waals surface area contributed by atoms with Gasteiger partial charge in [-0.1, -0.05) is 36.4 Å². The van der Waals surface area contributed by atoms with Crippen LogP contribution < -0.4 is 5.32 Å². The quantitative estimate of drug-likeness (QED) is 0.919. The van der Waals surface area contributed by atoms with Crippen molar-refractivity contribution in [2.75, 3.05) is 31.6 Å². The number of carbonyl (C=O) groups excluding carboxylic acids is 1. The zero-order valence-corrected chi connectivity index (χ0v) is 13.6. The number of rotatable bonds is 2. The van der Waals surface area contributed by atoms with Gasteiger partial charge in [-0.25, -0.2) is 4.79 Å². The zero-order chi connectivity index (χ0) is 16.4. The fraction of sp³-hybridized carbons (Fsp3) is 0.421. The summed E-state index contributed by atoms with van der Waals surface area (Å²) in [4.78, 5) is 14.6. The number of hydrogen-bond acceptors (Lipinski definition) is 3. The van der Waals surface area contributed by atoms with Gasteiger partial charge in [0.15, 0.2) is 6.29 Å². The molecule has 0 unspecified atom stereocenters. The highest BCUT2D eigenvalue weighted by molar-refractivity contribution is 6.01. The van der Waals surface area contributed by atoms with Crippen molar-refractivity contribution in [3.63, 3.8) is 0 Å². The van der Waals surface area contributed by atoms with Crippen LogP contribution in [0, 0.1) is 5.92 Å². The van der Waals surface area contributed by atoms with Gasteiger partial charge in [-0.15, -0.1) is 0 Å². The molecule has 2 fully saturated rings. The van der Waals surface area contributed by atoms with E-state index >= 15 is 0 Å². The van der Waals surface area contributed by atoms with Crippen LogP contribution in [-0.2, 0) is 9.47 Å². The molecule has 1 atom stereocenters. The van der Waals surface area contributed by atoms with Crippen molar-refractivity contribution in [2.24, 2.45) is 5.92 Å². The van der Waals surface area contributed by atoms with Gasteiger partial charge < -0.3 is 19.7 Å². The maximum atomic E-state index is 12.7. The van der Waals surface area contributed by atoms with Crippen LogP contribution in [0.2, 0.25) is 0 Å². The molecule has 1 N–H and O–H groups in total. The molecule has 126 valence electrons. The summed E-state index contributed by atoms with van der Waals surface area (Å²) < 4.78 is 11.2. The molecule has 5 heteroatoms. The molecule has 2 saturated heterocycles. The van der Waals surface area contributed by atoms with E-state index in [9.17, 15) is 4.79 Å². The lowest BCUT2D eigenvalue weighted by molar-refractivity contribution is -0.0959. The van der Waals surface area contributed by atoms with E-state index in [4.69, 9.17) is 9.47 Å². The third kappa shape index (κ3) is 3.09. The second-order valence-electron chi connectivity index (χ2n) is 6.42. The second-order valence-corrected chi connectivity index (χ2v) is 6.42. The Morgan fingerprint density at radius 3 is 2.75 bits per heavy atom. The first-order valence-electron chi connectivity index (χ1n) is 8.58. The molecule has 5 nitrogen and oxygen atoms in total. The van der Waals surface area contributed by atoms with E-state index in [1.165, 1.54) is 0 Å². The van der Waals surface area contributed by atoms with E-state index < -0.39 is 0 Å². The molecule has 0 bridgehead atoms. The Bertz CT molecular complexity index is 722. The number of ether oxygens (including phenoxy) is 2. The summed E-state index contributed by atoms with van der Waals surface area (Å²) in [5.41, 5.74) is 0.855. The van der Waals surface area contributed by atoms with Crippen LogP contribution in [0.5, 0.6) is 0 Å². The van der Waals surface area contributed by atoms with Gasteiger partial charge in [-0.05, 0) is 24.3 Å². The number of amides is 2. The molecule has 2 amide bonds. The predicted molar refractivity (Wildman–Crippen MR) is 93.0 cm³/mol. The number of likely N-dealkylation sites (tertiary alicyclic amines) is 1. The molecule has 2 aromatic carbocycles. The van der Waals surface area contributed by atoms with Gasteiger partial charge in [0.25, 0.3) is 0 Å². The van der Waals surface area contributed by atoms with Crippen LogP contribution in [-0.4, -0.2) is 43.5 Å². The molecule has 2 aromatic rings. The van der Waals surface area contributed by atoms with Crippen molar-refractivity contribution in [1.82, 2.24) is 4.90 Å². The normalized spacial score (nSPS) is 22.0. The number of nitrogens with zero attached hydrogens (tertiary/aromatic N) is 1. The molecule has 24 heavy (non-hydrogen) atoms. The smallest absolute Gasteiger partial charge is 0.321 e. The number of urea groups is 1. The Morgan fingerprint density at radius 2 is 1.88 bits per heavy atom. The van der Waals surface area contributed by atoms with Gasteiger partial charge in [0.05, 0.1) is 18.9 Å². The highest BCUT2D eigenvalue weighted by Gasteiger charge is 2.32. The first kappa shape index (κ1) is 15.4. The van der Waals surface area contributed by atoms with Crippen molar-refractivity contribution < 1.29 is 14.3 Å². The molecule has 0 aromatic heterocycles. The fourth-order valence-corrected chi connectivity index (χ4v) is 3.59. The Balaban J connectivity index is 1.47. The number of benzene rings is 2. The van der Waals surface area contributed by atoms with E-state index in [-0.39, 0.29) is 18.2 Å². The number of anilines is 1. The molecule has 2 aliphatic rings. The van der Waals surface area contributed by atoms with Crippen LogP contribution >= 0.6 is 0 Å². The minimum atomic E-state index is -0.154. The third-order valence-corrected chi connectivity index (χ3v) is 4.81. The summed E-state index contributed by atoms with van der Waals surface area (Å²) in [6, 6.07) is 14.0. The van der Waals surface area contributed by atoms with Gasteiger partial charge in [-0.2, -0.15) is 0 Å². The minimum Gasteiger partial charge on any atom is -0.350 e. The molecule has 2 heterocycles. The Morgan fingerprint density at radius 1 is 1.08 bits per heavy atom. The van der Waals surface area contributed by atoms with Crippen molar-refractivity contribution in [3.8, 4) is 0 Å². The summed E-state index contributed by atoms with van der Waals surface area (Å²) in [6.45, 7) is 2.77. The summed E-state index contributed by atoms with van der Waals surface area (Å²) in [6.07, 6.45) is 1.87. The number of fused-ring (bicyclic) bond motifs is 1. The maximum absolute atomic E-state index is 12.7. The number of nitrogens with one attached hydrogen (secondary N) is 1. The number of carbonyl (C=O) groups is 1. The Kier molecular flexibility index (Phi) is 4.36. The summed E-state index contributed by atoms with van der Waals surface area (Å²) >= 11 is 0. The monoisotopic (exact) mass is 326 g/mol. The molecular weight excluding hydrogens is 304 g/mol. The lowest BCUT2D eigenvalue weighted by Crippen LogP contribution is -2.45. The van der Waals surface area contributed by atoms with E-state index in [0.29, 0.717) is 19.8 Å². The van der Waals surface area contributed by atoms with E-state index in [1.54, 1.807) is 0 Å². The van der Waals surface area contributed by atoms with Crippen molar-refractivity contribution in [3.05, 3.63) is 42.5 Å². The molecule has 0 saturated carbocycles. The van der Waals surface area contributed by atoms with E-state index in [1.807, 2.05) is 35.2 Å². The lowest BCUT2D eigenvalue weighted by Gasteiger charge is -2.34. The SMILES string of the molecule is O=C(Nc1cccc2ccccc12)N1CCC[C@@H](C2OCCO2)C1. The molecule has 0 radical (unpaired) electrons. The van der Waals surface area contributed by atoms with Crippen LogP contribution in [0.4, 0.5) is 10.5 Å². The standard InChI is InChI=1S/C19H22N2O3/c22-19(20-17-9-3-6-14-5-1-2-8-16(14)17)21-10-4-7-15(13-21)18-23-11-12-24-18/h1-3,5-6,8-9,15,18H,4,7,10-13H2,(H,20,22)/t15-/m1/s1. The third-order valence-electron chi connectivity index (χ3n) is 4.81. The first-order valence-corrected chi connectivity index (χ1v) is 8.58. The lowest BCUT2D eigenvalue weighted by atomic mass is 9.97. The first-order chi connectivity index (χ1) is 11.8. The predicted octanol–water partition coefficient (Wildman–Crippen LogP) is 3.46. The van der Waals surface area contributed by atoms with Gasteiger partial charge in [0.2, 0.25) is 0 Å². The fourth-order valence-electron chi connectivity index (χ4n) is 3.59. The van der Waals surface area contributed by atoms with Crippen LogP contribution in [0.3, 0.4) is 0 Å². The van der Waals surface area contributed by atoms with Crippen LogP contribution in [0.1, 0.15) is 12.8 Å². The average Bonchev–Trinajstić information content (AvgIpc) is 3.17. The van der Waals surface area contributed by atoms with Gasteiger partial charge in [0, 0.05) is 24.4 Å². The summed E-state index contributed by atoms with van der Waals surface area (Å²) in [5, 5.41) is 5.26. The van der Waals surface area contributed by atoms with Gasteiger partial charge in [-0.3, -0.25) is 0 Å². The van der Waals surface area contributed by atoms with E-state index in [2.05, 4.69) is 17.4 Å². The highest BCUT2D eigenvalue weighted by Crippen LogP contribution is 2.27. The molecule has 0 aliphatic carbocycles. The molecule has 2 aliphatic heterocycles. The topological polar surface area (TPSA) is 50.8 Å². The maximum Gasteiger partial charge on any atom is 0.321 e. The summed E-state index contributed by atoms with van der Waals surface area (Å²) in [5.74, 6) is 0.263. The molecule has 0 spiro atoms. The van der Waals surface area contributed by atoms with Crippen molar-refractivity contribution in [1.29, 1.82) is 0 Å². The van der Waals surface area contributed by atoms with E-state index in [0.717, 1.165) is 35.8 Å². The number of hydrogen-bond donors (Lipinski definition) is 1. The highest BCUT2D eigenvalue weighted by atomic mass is 16.7. The average molecular weight is 326 g/mol. The minimum absolute atomic E-state index is 0.0472. The largest absolute Gasteiger partial charge is 0.350 e. The van der Waals surface area contributed by atoms with Crippen molar-refractivity contribution >= 4 is 22.5 Å². The molecule has 4 rings (SSSR count). The van der Waals surface area contributed by atoms with Gasteiger partial charge >= 0.3 is 6.03 Å². The van der Waals surface area contributed by atoms with Gasteiger partial charge in [0.1, 0.15) is 0 Å². The Hall–Kier alpha value is -2.11. The second kappa shape index (κ2) is 6.79.